The molecule has 2 saturated heterocycles. The molecule has 7 amide bonds. The number of nitrogens with zero attached hydrogens (tertiary/aromatic N) is 5. The molecule has 17 nitrogen and oxygen atoms in total. The van der Waals surface area contributed by atoms with E-state index in [0.717, 1.165) is 21.2 Å². The standard InChI is InChI=1S/C19H19ClN8O9S2/c20-6-13(29)24-17-23-12(9-38-17)14(15(30)22-11-8-28(16(11)31)39(34,35)36)25-18(32)26-3-4-27(19(26)33)21-7-10-2-1-5-37-10/h1-2,5,7,9,11,14H,3-4,6,8H2,(H,22,30)(H,25,32)(H,23,24,29)(H,34,35,36). The molecule has 20 heteroatoms. The number of thiazole rings is 1. The van der Waals surface area contributed by atoms with Crippen LogP contribution in [0, 0.1) is 0 Å². The van der Waals surface area contributed by atoms with Crippen molar-refractivity contribution < 1.29 is 41.4 Å². The molecule has 2 unspecified atom stereocenters. The van der Waals surface area contributed by atoms with Gasteiger partial charge in [0, 0.05) is 5.38 Å². The average Bonchev–Trinajstić information content (AvgIpc) is 3.64. The van der Waals surface area contributed by atoms with Crippen LogP contribution >= 0.6 is 22.9 Å². The van der Waals surface area contributed by atoms with E-state index in [1.54, 1.807) is 12.1 Å². The van der Waals surface area contributed by atoms with Crippen LogP contribution in [0.25, 0.3) is 0 Å². The van der Waals surface area contributed by atoms with Gasteiger partial charge in [0.2, 0.25) is 11.8 Å². The zero-order valence-electron chi connectivity index (χ0n) is 19.5. The Morgan fingerprint density at radius 3 is 2.74 bits per heavy atom. The number of halogens is 1. The topological polar surface area (TPSA) is 224 Å². The zero-order chi connectivity index (χ0) is 28.3. The summed E-state index contributed by atoms with van der Waals surface area (Å²) in [4.78, 5) is 67.3. The van der Waals surface area contributed by atoms with E-state index in [2.05, 4.69) is 26.0 Å². The number of alkyl halides is 1. The molecule has 2 aromatic heterocycles. The van der Waals surface area contributed by atoms with Crippen molar-refractivity contribution in [3.05, 3.63) is 35.2 Å². The van der Waals surface area contributed by atoms with Crippen LogP contribution in [0.5, 0.6) is 0 Å². The number of nitrogens with one attached hydrogen (secondary N) is 3. The highest BCUT2D eigenvalue weighted by Crippen LogP contribution is 2.23. The fourth-order valence-corrected chi connectivity index (χ4v) is 4.89. The van der Waals surface area contributed by atoms with Crippen LogP contribution in [0.15, 0.2) is 33.3 Å². The van der Waals surface area contributed by atoms with E-state index in [1.165, 1.54) is 17.9 Å². The van der Waals surface area contributed by atoms with E-state index in [-0.39, 0.29) is 34.1 Å². The average molecular weight is 603 g/mol. The molecule has 4 N–H and O–H groups in total. The lowest BCUT2D eigenvalue weighted by Gasteiger charge is -2.36. The fourth-order valence-electron chi connectivity index (χ4n) is 3.38. The summed E-state index contributed by atoms with van der Waals surface area (Å²) in [6.45, 7) is -0.563. The number of anilines is 1. The van der Waals surface area contributed by atoms with Crippen molar-refractivity contribution in [2.45, 2.75) is 12.1 Å². The third kappa shape index (κ3) is 6.33. The maximum Gasteiger partial charge on any atom is 0.362 e. The third-order valence-electron chi connectivity index (χ3n) is 5.30. The molecule has 2 aliphatic heterocycles. The smallest absolute Gasteiger partial charge is 0.362 e. The molecule has 0 aromatic carbocycles. The predicted molar refractivity (Wildman–Crippen MR) is 133 cm³/mol. The van der Waals surface area contributed by atoms with Crippen molar-refractivity contribution in [1.29, 1.82) is 0 Å². The maximum atomic E-state index is 13.1. The van der Waals surface area contributed by atoms with Gasteiger partial charge in [-0.05, 0) is 12.1 Å². The Hall–Kier alpha value is -4.07. The normalized spacial score (nSPS) is 18.3. The number of hydrogen-bond donors (Lipinski definition) is 4. The quantitative estimate of drug-likeness (QED) is 0.125. The van der Waals surface area contributed by atoms with Gasteiger partial charge in [-0.25, -0.2) is 28.8 Å². The molecule has 2 aliphatic rings. The third-order valence-corrected chi connectivity index (χ3v) is 7.21. The lowest BCUT2D eigenvalue weighted by Crippen LogP contribution is -2.66. The summed E-state index contributed by atoms with van der Waals surface area (Å²) in [5, 5.41) is 13.4. The Morgan fingerprint density at radius 1 is 1.33 bits per heavy atom. The van der Waals surface area contributed by atoms with E-state index >= 15 is 0 Å². The number of rotatable bonds is 9. The molecule has 39 heavy (non-hydrogen) atoms. The summed E-state index contributed by atoms with van der Waals surface area (Å²) in [6, 6.07) is -1.43. The molecule has 0 saturated carbocycles. The number of hydrogen-bond acceptors (Lipinski definition) is 11. The molecule has 2 fully saturated rings. The lowest BCUT2D eigenvalue weighted by atomic mass is 10.1. The van der Waals surface area contributed by atoms with Gasteiger partial charge in [0.25, 0.3) is 5.91 Å². The van der Waals surface area contributed by atoms with Crippen LogP contribution in [-0.2, 0) is 24.7 Å². The molecule has 0 aliphatic carbocycles. The van der Waals surface area contributed by atoms with Gasteiger partial charge in [0.15, 0.2) is 11.2 Å². The van der Waals surface area contributed by atoms with Gasteiger partial charge in [-0.15, -0.1) is 22.9 Å². The van der Waals surface area contributed by atoms with Crippen LogP contribution in [-0.4, -0.2) is 99.7 Å². The highest BCUT2D eigenvalue weighted by molar-refractivity contribution is 7.84. The Morgan fingerprint density at radius 2 is 2.10 bits per heavy atom. The summed E-state index contributed by atoms with van der Waals surface area (Å²) in [6.07, 6.45) is 2.70. The number of aromatic nitrogens is 1. The van der Waals surface area contributed by atoms with Crippen molar-refractivity contribution in [2.75, 3.05) is 30.8 Å². The van der Waals surface area contributed by atoms with Crippen LogP contribution in [0.2, 0.25) is 0 Å². The largest absolute Gasteiger partial charge is 0.463 e. The van der Waals surface area contributed by atoms with Gasteiger partial charge in [-0.3, -0.25) is 18.9 Å². The molecule has 0 spiro atoms. The number of carbonyl (C=O) groups excluding carboxylic acids is 5. The number of β-lactam (4-membered cyclic amide) rings is 1. The second-order valence-corrected chi connectivity index (χ2v) is 10.3. The maximum absolute atomic E-state index is 13.1. The molecule has 0 radical (unpaired) electrons. The summed E-state index contributed by atoms with van der Waals surface area (Å²) >= 11 is 6.38. The van der Waals surface area contributed by atoms with Gasteiger partial charge < -0.3 is 20.4 Å². The zero-order valence-corrected chi connectivity index (χ0v) is 21.9. The first-order valence-corrected chi connectivity index (χ1v) is 13.7. The minimum absolute atomic E-state index is 0.0493. The van der Waals surface area contributed by atoms with Gasteiger partial charge in [-0.2, -0.15) is 13.5 Å². The van der Waals surface area contributed by atoms with Crippen molar-refractivity contribution in [3.63, 3.8) is 0 Å². The van der Waals surface area contributed by atoms with E-state index in [0.29, 0.717) is 5.76 Å². The molecule has 2 aromatic rings. The van der Waals surface area contributed by atoms with E-state index < -0.39 is 58.7 Å². The number of furan rings is 1. The van der Waals surface area contributed by atoms with Crippen LogP contribution in [0.3, 0.4) is 0 Å². The van der Waals surface area contributed by atoms with Crippen molar-refractivity contribution in [2.24, 2.45) is 5.10 Å². The molecule has 208 valence electrons. The summed E-state index contributed by atoms with van der Waals surface area (Å²) in [7, 11) is -4.79. The SMILES string of the molecule is O=C(CCl)Nc1nc(C(NC(=O)N2CCN(N=Cc3ccco3)C2=O)C(=O)NC2CN(S(=O)(=O)O)C2=O)cs1. The van der Waals surface area contributed by atoms with E-state index in [9.17, 15) is 32.4 Å². The van der Waals surface area contributed by atoms with E-state index in [4.69, 9.17) is 20.6 Å². The molecular weight excluding hydrogens is 584 g/mol. The number of imide groups is 1. The van der Waals surface area contributed by atoms with Gasteiger partial charge in [-0.1, -0.05) is 0 Å². The first-order chi connectivity index (χ1) is 18.5. The van der Waals surface area contributed by atoms with E-state index in [1.807, 2.05) is 0 Å². The summed E-state index contributed by atoms with van der Waals surface area (Å²) in [5.74, 6) is -2.63. The number of amides is 7. The minimum atomic E-state index is -4.79. The van der Waals surface area contributed by atoms with Crippen LogP contribution in [0.1, 0.15) is 17.5 Å². The first kappa shape index (κ1) is 28.0. The van der Waals surface area contributed by atoms with Gasteiger partial charge >= 0.3 is 22.4 Å². The predicted octanol–water partition coefficient (Wildman–Crippen LogP) is -0.434. The monoisotopic (exact) mass is 602 g/mol. The molecular formula is C19H19ClN8O9S2. The number of urea groups is 2. The molecule has 0 bridgehead atoms. The van der Waals surface area contributed by atoms with Crippen LogP contribution in [0.4, 0.5) is 14.7 Å². The number of carbonyl (C=O) groups is 5. The highest BCUT2D eigenvalue weighted by atomic mass is 35.5. The van der Waals surface area contributed by atoms with Gasteiger partial charge in [0.05, 0.1) is 37.8 Å². The Balaban J connectivity index is 1.48. The Labute approximate surface area is 228 Å². The first-order valence-electron chi connectivity index (χ1n) is 10.9. The lowest BCUT2D eigenvalue weighted by molar-refractivity contribution is -0.141. The van der Waals surface area contributed by atoms with Crippen molar-refractivity contribution >= 4 is 74.4 Å². The number of hydrazone groups is 1. The van der Waals surface area contributed by atoms with Crippen molar-refractivity contribution in [3.8, 4) is 0 Å². The summed E-state index contributed by atoms with van der Waals surface area (Å²) < 4.78 is 36.6. The molecule has 2 atom stereocenters. The fraction of sp³-hybridized carbons (Fsp3) is 0.316. The second kappa shape index (κ2) is 11.4. The van der Waals surface area contributed by atoms with Gasteiger partial charge in [0.1, 0.15) is 17.7 Å². The summed E-state index contributed by atoms with van der Waals surface area (Å²) in [5.41, 5.74) is -0.0616. The molecule has 4 rings (SSSR count). The van der Waals surface area contributed by atoms with Crippen LogP contribution < -0.4 is 16.0 Å². The van der Waals surface area contributed by atoms with Crippen molar-refractivity contribution in [1.82, 2.24) is 29.8 Å². The Kier molecular flexibility index (Phi) is 8.14. The molecule has 4 heterocycles. The second-order valence-electron chi connectivity index (χ2n) is 7.87. The Bertz CT molecular complexity index is 1430. The minimum Gasteiger partial charge on any atom is -0.463 e. The highest BCUT2D eigenvalue weighted by Gasteiger charge is 2.45.